The first-order chi connectivity index (χ1) is 12.1. The Morgan fingerprint density at radius 2 is 1.84 bits per heavy atom. The number of aryl methyl sites for hydroxylation is 3. The maximum atomic E-state index is 12.6. The lowest BCUT2D eigenvalue weighted by atomic mass is 10.0. The van der Waals surface area contributed by atoms with Gasteiger partial charge < -0.3 is 10.1 Å². The molecule has 3 heteroatoms. The molecular weight excluding hydrogens is 310 g/mol. The van der Waals surface area contributed by atoms with E-state index in [1.54, 1.807) is 0 Å². The molecule has 0 saturated carbocycles. The molecule has 132 valence electrons. The Labute approximate surface area is 150 Å². The van der Waals surface area contributed by atoms with E-state index in [1.807, 2.05) is 45.0 Å². The van der Waals surface area contributed by atoms with Crippen LogP contribution in [-0.4, -0.2) is 12.0 Å². The molecule has 0 saturated heterocycles. The van der Waals surface area contributed by atoms with E-state index < -0.39 is 6.10 Å². The van der Waals surface area contributed by atoms with Gasteiger partial charge in [-0.3, -0.25) is 4.79 Å². The van der Waals surface area contributed by atoms with Gasteiger partial charge in [0.2, 0.25) is 0 Å². The number of carbonyl (C=O) groups excluding carboxylic acids is 1. The third kappa shape index (κ3) is 4.22. The van der Waals surface area contributed by atoms with E-state index in [2.05, 4.69) is 23.5 Å². The summed E-state index contributed by atoms with van der Waals surface area (Å²) < 4.78 is 5.88. The summed E-state index contributed by atoms with van der Waals surface area (Å²) >= 11 is 0. The Balaban J connectivity index is 1.63. The molecular formula is C22H27NO2. The number of nitrogens with one attached hydrogen (secondary N) is 1. The standard InChI is InChI=1S/C22H27NO2/c1-4-21(25-20-12-8-15(2)9-13-20)22(24)23-16(3)18-11-10-17-6-5-7-19(17)14-18/h8-14,16,21H,4-7H2,1-3H3,(H,23,24). The minimum atomic E-state index is -0.473. The highest BCUT2D eigenvalue weighted by Crippen LogP contribution is 2.25. The highest BCUT2D eigenvalue weighted by molar-refractivity contribution is 5.81. The highest BCUT2D eigenvalue weighted by atomic mass is 16.5. The van der Waals surface area contributed by atoms with Crippen LogP contribution >= 0.6 is 0 Å². The van der Waals surface area contributed by atoms with E-state index >= 15 is 0 Å². The van der Waals surface area contributed by atoms with Gasteiger partial charge in [-0.25, -0.2) is 0 Å². The van der Waals surface area contributed by atoms with Crippen LogP contribution in [0.5, 0.6) is 5.75 Å². The lowest BCUT2D eigenvalue weighted by Gasteiger charge is -2.21. The fourth-order valence-electron chi connectivity index (χ4n) is 3.35. The first-order valence-electron chi connectivity index (χ1n) is 9.22. The third-order valence-corrected chi connectivity index (χ3v) is 4.94. The van der Waals surface area contributed by atoms with Crippen molar-refractivity contribution in [2.24, 2.45) is 0 Å². The molecule has 0 aromatic heterocycles. The number of hydrogen-bond acceptors (Lipinski definition) is 2. The highest BCUT2D eigenvalue weighted by Gasteiger charge is 2.21. The topological polar surface area (TPSA) is 38.3 Å². The first-order valence-corrected chi connectivity index (χ1v) is 9.22. The zero-order valence-electron chi connectivity index (χ0n) is 15.3. The number of fused-ring (bicyclic) bond motifs is 1. The van der Waals surface area contributed by atoms with Gasteiger partial charge in [0.05, 0.1) is 6.04 Å². The molecule has 0 aliphatic heterocycles. The molecule has 3 nitrogen and oxygen atoms in total. The molecule has 2 aromatic carbocycles. The third-order valence-electron chi connectivity index (χ3n) is 4.94. The Morgan fingerprint density at radius 1 is 1.12 bits per heavy atom. The van der Waals surface area contributed by atoms with E-state index in [0.29, 0.717) is 6.42 Å². The normalized spacial score (nSPS) is 15.3. The van der Waals surface area contributed by atoms with Gasteiger partial charge in [0, 0.05) is 0 Å². The van der Waals surface area contributed by atoms with Crippen molar-refractivity contribution in [1.82, 2.24) is 5.32 Å². The smallest absolute Gasteiger partial charge is 0.261 e. The molecule has 0 spiro atoms. The average molecular weight is 337 g/mol. The lowest BCUT2D eigenvalue weighted by molar-refractivity contribution is -0.128. The van der Waals surface area contributed by atoms with Crippen molar-refractivity contribution in [3.05, 3.63) is 64.7 Å². The van der Waals surface area contributed by atoms with Crippen molar-refractivity contribution in [2.75, 3.05) is 0 Å². The van der Waals surface area contributed by atoms with Gasteiger partial charge in [-0.05, 0) is 68.4 Å². The van der Waals surface area contributed by atoms with Gasteiger partial charge in [-0.2, -0.15) is 0 Å². The molecule has 2 atom stereocenters. The van der Waals surface area contributed by atoms with Gasteiger partial charge in [-0.1, -0.05) is 42.8 Å². The van der Waals surface area contributed by atoms with Crippen LogP contribution in [0.2, 0.25) is 0 Å². The van der Waals surface area contributed by atoms with Crippen molar-refractivity contribution in [1.29, 1.82) is 0 Å². The van der Waals surface area contributed by atoms with E-state index in [9.17, 15) is 4.79 Å². The second-order valence-electron chi connectivity index (χ2n) is 6.94. The van der Waals surface area contributed by atoms with Gasteiger partial charge in [0.25, 0.3) is 5.91 Å². The molecule has 25 heavy (non-hydrogen) atoms. The van der Waals surface area contributed by atoms with E-state index in [0.717, 1.165) is 12.2 Å². The van der Waals surface area contributed by atoms with Gasteiger partial charge in [0.1, 0.15) is 5.75 Å². The first kappa shape index (κ1) is 17.5. The Bertz CT molecular complexity index is 736. The zero-order chi connectivity index (χ0) is 17.8. The second kappa shape index (κ2) is 7.73. The molecule has 0 radical (unpaired) electrons. The molecule has 0 heterocycles. The summed E-state index contributed by atoms with van der Waals surface area (Å²) in [7, 11) is 0. The van der Waals surface area contributed by atoms with Gasteiger partial charge in [-0.15, -0.1) is 0 Å². The number of ether oxygens (including phenoxy) is 1. The van der Waals surface area contributed by atoms with Crippen molar-refractivity contribution in [2.45, 2.75) is 58.6 Å². The Kier molecular flexibility index (Phi) is 5.42. The van der Waals surface area contributed by atoms with Crippen molar-refractivity contribution < 1.29 is 9.53 Å². The van der Waals surface area contributed by atoms with Crippen LogP contribution in [-0.2, 0) is 17.6 Å². The summed E-state index contributed by atoms with van der Waals surface area (Å²) in [4.78, 5) is 12.6. The molecule has 0 fully saturated rings. The Morgan fingerprint density at radius 3 is 2.56 bits per heavy atom. The minimum Gasteiger partial charge on any atom is -0.481 e. The molecule has 2 unspecified atom stereocenters. The number of hydrogen-bond donors (Lipinski definition) is 1. The van der Waals surface area contributed by atoms with Crippen LogP contribution in [0.15, 0.2) is 42.5 Å². The van der Waals surface area contributed by atoms with Crippen LogP contribution in [0.1, 0.15) is 55.0 Å². The van der Waals surface area contributed by atoms with E-state index in [1.165, 1.54) is 35.1 Å². The SMILES string of the molecule is CCC(Oc1ccc(C)cc1)C(=O)NC(C)c1ccc2c(c1)CCC2. The van der Waals surface area contributed by atoms with Crippen LogP contribution in [0.4, 0.5) is 0 Å². The maximum Gasteiger partial charge on any atom is 0.261 e. The lowest BCUT2D eigenvalue weighted by Crippen LogP contribution is -2.39. The average Bonchev–Trinajstić information content (AvgIpc) is 3.08. The summed E-state index contributed by atoms with van der Waals surface area (Å²) in [6.07, 6.45) is 3.73. The largest absolute Gasteiger partial charge is 0.481 e. The van der Waals surface area contributed by atoms with Crippen molar-refractivity contribution in [3.63, 3.8) is 0 Å². The second-order valence-corrected chi connectivity index (χ2v) is 6.94. The fourth-order valence-corrected chi connectivity index (χ4v) is 3.35. The summed E-state index contributed by atoms with van der Waals surface area (Å²) in [6, 6.07) is 14.4. The number of carbonyl (C=O) groups is 1. The predicted octanol–water partition coefficient (Wildman–Crippen LogP) is 4.52. The zero-order valence-corrected chi connectivity index (χ0v) is 15.3. The molecule has 3 rings (SSSR count). The minimum absolute atomic E-state index is 0.0194. The van der Waals surface area contributed by atoms with Crippen molar-refractivity contribution >= 4 is 5.91 Å². The fraction of sp³-hybridized carbons (Fsp3) is 0.409. The molecule has 1 aliphatic rings. The number of amides is 1. The maximum absolute atomic E-state index is 12.6. The monoisotopic (exact) mass is 337 g/mol. The van der Waals surface area contributed by atoms with Crippen molar-refractivity contribution in [3.8, 4) is 5.75 Å². The van der Waals surface area contributed by atoms with Gasteiger partial charge >= 0.3 is 0 Å². The number of rotatable bonds is 6. The molecule has 0 bridgehead atoms. The summed E-state index contributed by atoms with van der Waals surface area (Å²) in [6.45, 7) is 6.04. The van der Waals surface area contributed by atoms with Gasteiger partial charge in [0.15, 0.2) is 6.10 Å². The summed E-state index contributed by atoms with van der Waals surface area (Å²) in [5.74, 6) is 0.675. The van der Waals surface area contributed by atoms with Crippen LogP contribution < -0.4 is 10.1 Å². The number of benzene rings is 2. The molecule has 1 aliphatic carbocycles. The van der Waals surface area contributed by atoms with Crippen LogP contribution in [0.3, 0.4) is 0 Å². The Hall–Kier alpha value is -2.29. The van der Waals surface area contributed by atoms with E-state index in [4.69, 9.17) is 4.74 Å². The summed E-state index contributed by atoms with van der Waals surface area (Å²) in [5, 5.41) is 3.11. The molecule has 2 aromatic rings. The predicted molar refractivity (Wildman–Crippen MR) is 101 cm³/mol. The molecule has 1 amide bonds. The molecule has 1 N–H and O–H groups in total. The van der Waals surface area contributed by atoms with Crippen LogP contribution in [0, 0.1) is 6.92 Å². The van der Waals surface area contributed by atoms with E-state index in [-0.39, 0.29) is 11.9 Å². The quantitative estimate of drug-likeness (QED) is 0.842. The van der Waals surface area contributed by atoms with Crippen LogP contribution in [0.25, 0.3) is 0 Å². The summed E-state index contributed by atoms with van der Waals surface area (Å²) in [5.41, 5.74) is 5.23.